The van der Waals surface area contributed by atoms with Crippen molar-refractivity contribution in [2.75, 3.05) is 19.8 Å². The van der Waals surface area contributed by atoms with E-state index in [1.165, 1.54) is 6.42 Å². The Morgan fingerprint density at radius 2 is 2.56 bits per heavy atom. The molecule has 1 aliphatic rings. The molecule has 0 spiro atoms. The molecule has 0 aromatic heterocycles. The summed E-state index contributed by atoms with van der Waals surface area (Å²) in [7, 11) is 0. The van der Waals surface area contributed by atoms with Crippen molar-refractivity contribution < 1.29 is 4.74 Å². The van der Waals surface area contributed by atoms with Gasteiger partial charge in [-0.1, -0.05) is 6.92 Å². The van der Waals surface area contributed by atoms with E-state index in [1.54, 1.807) is 0 Å². The van der Waals surface area contributed by atoms with E-state index in [2.05, 4.69) is 12.2 Å². The molecule has 0 aliphatic carbocycles. The highest BCUT2D eigenvalue weighted by atomic mass is 16.5. The van der Waals surface area contributed by atoms with Crippen molar-refractivity contribution in [3.8, 4) is 0 Å². The van der Waals surface area contributed by atoms with Gasteiger partial charge in [-0.05, 0) is 19.4 Å². The van der Waals surface area contributed by atoms with Crippen LogP contribution in [-0.2, 0) is 4.74 Å². The van der Waals surface area contributed by atoms with Crippen LogP contribution in [0.4, 0.5) is 0 Å². The zero-order valence-electron chi connectivity index (χ0n) is 5.73. The predicted octanol–water partition coefficient (Wildman–Crippen LogP) is 0.589. The van der Waals surface area contributed by atoms with Crippen molar-refractivity contribution in [1.82, 2.24) is 5.32 Å². The molecule has 53 valence electrons. The minimum absolute atomic E-state index is 0.603. The van der Waals surface area contributed by atoms with E-state index in [0.717, 1.165) is 26.2 Å². The number of hydrogen-bond acceptors (Lipinski definition) is 2. The summed E-state index contributed by atoms with van der Waals surface area (Å²) in [6, 6.07) is 0.603. The molecule has 1 N–H and O–H groups in total. The molecule has 1 fully saturated rings. The zero-order valence-corrected chi connectivity index (χ0v) is 5.73. The molecular weight excluding hydrogens is 114 g/mol. The molecule has 0 aromatic carbocycles. The van der Waals surface area contributed by atoms with Crippen molar-refractivity contribution >= 4 is 0 Å². The van der Waals surface area contributed by atoms with Crippen LogP contribution in [0.15, 0.2) is 0 Å². The summed E-state index contributed by atoms with van der Waals surface area (Å²) in [5.41, 5.74) is 0. The van der Waals surface area contributed by atoms with Gasteiger partial charge in [0.1, 0.15) is 0 Å². The van der Waals surface area contributed by atoms with Crippen molar-refractivity contribution in [3.63, 3.8) is 0 Å². The average Bonchev–Trinajstić information content (AvgIpc) is 2.34. The van der Waals surface area contributed by atoms with Crippen molar-refractivity contribution in [3.05, 3.63) is 6.92 Å². The van der Waals surface area contributed by atoms with Gasteiger partial charge in [-0.3, -0.25) is 0 Å². The molecule has 9 heavy (non-hydrogen) atoms. The largest absolute Gasteiger partial charge is 0.380 e. The monoisotopic (exact) mass is 128 g/mol. The third-order valence-corrected chi connectivity index (χ3v) is 1.54. The Balaban J connectivity index is 1.98. The minimum atomic E-state index is 0.603. The lowest BCUT2D eigenvalue weighted by Crippen LogP contribution is -2.29. The topological polar surface area (TPSA) is 21.3 Å². The Hall–Kier alpha value is -0.0800. The molecule has 1 radical (unpaired) electrons. The van der Waals surface area contributed by atoms with Crippen LogP contribution in [0.2, 0.25) is 0 Å². The molecule has 0 amide bonds. The van der Waals surface area contributed by atoms with Gasteiger partial charge in [-0.15, -0.1) is 0 Å². The Morgan fingerprint density at radius 3 is 3.11 bits per heavy atom. The molecule has 1 saturated heterocycles. The molecule has 1 rings (SSSR count). The second-order valence-electron chi connectivity index (χ2n) is 2.37. The first-order valence-corrected chi connectivity index (χ1v) is 3.54. The lowest BCUT2D eigenvalue weighted by Gasteiger charge is -2.07. The van der Waals surface area contributed by atoms with Crippen LogP contribution in [0.3, 0.4) is 0 Å². The molecule has 0 saturated carbocycles. The van der Waals surface area contributed by atoms with E-state index in [0.29, 0.717) is 6.04 Å². The summed E-state index contributed by atoms with van der Waals surface area (Å²) in [5.74, 6) is 0. The third kappa shape index (κ3) is 2.33. The van der Waals surface area contributed by atoms with Gasteiger partial charge in [-0.25, -0.2) is 0 Å². The van der Waals surface area contributed by atoms with E-state index in [-0.39, 0.29) is 0 Å². The smallest absolute Gasteiger partial charge is 0.0620 e. The summed E-state index contributed by atoms with van der Waals surface area (Å²) in [6.07, 6.45) is 2.14. The van der Waals surface area contributed by atoms with E-state index in [4.69, 9.17) is 4.74 Å². The quantitative estimate of drug-likeness (QED) is 0.600. The lowest BCUT2D eigenvalue weighted by molar-refractivity contribution is 0.190. The highest BCUT2D eigenvalue weighted by Crippen LogP contribution is 2.02. The van der Waals surface area contributed by atoms with Crippen LogP contribution >= 0.6 is 0 Å². The maximum Gasteiger partial charge on any atom is 0.0620 e. The summed E-state index contributed by atoms with van der Waals surface area (Å²) < 4.78 is 5.17. The maximum absolute atomic E-state index is 5.17. The van der Waals surface area contributed by atoms with Crippen LogP contribution in [0.25, 0.3) is 0 Å². The molecule has 1 unspecified atom stereocenters. The molecule has 1 heterocycles. The lowest BCUT2D eigenvalue weighted by atomic mass is 10.2. The van der Waals surface area contributed by atoms with Gasteiger partial charge in [0.15, 0.2) is 0 Å². The predicted molar refractivity (Wildman–Crippen MR) is 37.2 cm³/mol. The normalized spacial score (nSPS) is 27.0. The number of ether oxygens (including phenoxy) is 1. The number of rotatable bonds is 3. The highest BCUT2D eigenvalue weighted by Gasteiger charge is 2.12. The van der Waals surface area contributed by atoms with Gasteiger partial charge in [0.25, 0.3) is 0 Å². The zero-order chi connectivity index (χ0) is 6.53. The summed E-state index contributed by atoms with van der Waals surface area (Å²) >= 11 is 0. The number of nitrogens with one attached hydrogen (secondary N) is 1. The molecule has 1 aliphatic heterocycles. The fourth-order valence-corrected chi connectivity index (χ4v) is 1.00. The first-order chi connectivity index (χ1) is 4.43. The molecule has 0 aromatic rings. The third-order valence-electron chi connectivity index (χ3n) is 1.54. The minimum Gasteiger partial charge on any atom is -0.380 e. The Morgan fingerprint density at radius 1 is 1.67 bits per heavy atom. The van der Waals surface area contributed by atoms with Gasteiger partial charge in [0.2, 0.25) is 0 Å². The van der Waals surface area contributed by atoms with Crippen molar-refractivity contribution in [1.29, 1.82) is 0 Å². The number of hydrogen-bond donors (Lipinski definition) is 1. The SMILES string of the molecule is [CH2]CCNC1CCOC1. The van der Waals surface area contributed by atoms with E-state index < -0.39 is 0 Å². The van der Waals surface area contributed by atoms with E-state index >= 15 is 0 Å². The standard InChI is InChI=1S/C7H14NO/c1-2-4-8-7-3-5-9-6-7/h7-8H,1-6H2. The van der Waals surface area contributed by atoms with Crippen molar-refractivity contribution in [2.24, 2.45) is 0 Å². The Labute approximate surface area is 56.6 Å². The molecular formula is C7H14NO. The van der Waals surface area contributed by atoms with E-state index in [1.807, 2.05) is 0 Å². The molecule has 2 nitrogen and oxygen atoms in total. The maximum atomic E-state index is 5.17. The van der Waals surface area contributed by atoms with Crippen LogP contribution in [0.5, 0.6) is 0 Å². The van der Waals surface area contributed by atoms with Crippen LogP contribution in [0.1, 0.15) is 12.8 Å². The second-order valence-corrected chi connectivity index (χ2v) is 2.37. The summed E-state index contributed by atoms with van der Waals surface area (Å²) in [6.45, 7) is 6.58. The van der Waals surface area contributed by atoms with Gasteiger partial charge in [0.05, 0.1) is 6.61 Å². The second kappa shape index (κ2) is 3.85. The fraction of sp³-hybridized carbons (Fsp3) is 0.857. The van der Waals surface area contributed by atoms with E-state index in [9.17, 15) is 0 Å². The van der Waals surface area contributed by atoms with Gasteiger partial charge < -0.3 is 10.1 Å². The van der Waals surface area contributed by atoms with Crippen molar-refractivity contribution in [2.45, 2.75) is 18.9 Å². The van der Waals surface area contributed by atoms with Gasteiger partial charge >= 0.3 is 0 Å². The van der Waals surface area contributed by atoms with Crippen LogP contribution in [0, 0.1) is 6.92 Å². The van der Waals surface area contributed by atoms with Crippen LogP contribution < -0.4 is 5.32 Å². The highest BCUT2D eigenvalue weighted by molar-refractivity contribution is 4.70. The fourth-order valence-electron chi connectivity index (χ4n) is 1.00. The van der Waals surface area contributed by atoms with Gasteiger partial charge in [-0.2, -0.15) is 0 Å². The average molecular weight is 128 g/mol. The molecule has 2 heteroatoms. The first kappa shape index (κ1) is 7.03. The summed E-state index contributed by atoms with van der Waals surface area (Å²) in [4.78, 5) is 0. The Bertz CT molecular complexity index is 69.3. The molecule has 0 bridgehead atoms. The summed E-state index contributed by atoms with van der Waals surface area (Å²) in [5, 5.41) is 3.34. The first-order valence-electron chi connectivity index (χ1n) is 3.54. The Kier molecular flexibility index (Phi) is 3.01. The van der Waals surface area contributed by atoms with Crippen LogP contribution in [-0.4, -0.2) is 25.8 Å². The van der Waals surface area contributed by atoms with Gasteiger partial charge in [0, 0.05) is 12.6 Å². The molecule has 1 atom stereocenters.